The summed E-state index contributed by atoms with van der Waals surface area (Å²) in [5.41, 5.74) is 7.25. The monoisotopic (exact) mass is 616 g/mol. The molecule has 0 amide bonds. The Bertz CT molecular complexity index is 1600. The van der Waals surface area contributed by atoms with Gasteiger partial charge in [-0.25, -0.2) is 0 Å². The molecular formula is C42H48O4. The Labute approximate surface area is 274 Å². The smallest absolute Gasteiger partial charge is 0.119 e. The van der Waals surface area contributed by atoms with E-state index >= 15 is 0 Å². The fourth-order valence-electron chi connectivity index (χ4n) is 5.98. The summed E-state index contributed by atoms with van der Waals surface area (Å²) in [5, 5.41) is 41.7. The number of hydrogen-bond donors (Lipinski definition) is 4. The highest BCUT2D eigenvalue weighted by molar-refractivity contribution is 5.49. The zero-order valence-corrected chi connectivity index (χ0v) is 27.7. The molecule has 0 spiro atoms. The first-order valence-corrected chi connectivity index (χ1v) is 16.0. The van der Waals surface area contributed by atoms with Crippen molar-refractivity contribution in [3.63, 3.8) is 0 Å². The molecule has 0 fully saturated rings. The molecule has 240 valence electrons. The fourth-order valence-corrected chi connectivity index (χ4v) is 5.98. The minimum Gasteiger partial charge on any atom is -0.508 e. The van der Waals surface area contributed by atoms with Gasteiger partial charge in [-0.15, -0.1) is 13.2 Å². The molecule has 0 aliphatic rings. The maximum atomic E-state index is 10.6. The third-order valence-corrected chi connectivity index (χ3v) is 9.26. The molecule has 46 heavy (non-hydrogen) atoms. The maximum Gasteiger partial charge on any atom is 0.119 e. The van der Waals surface area contributed by atoms with E-state index in [1.54, 1.807) is 36.4 Å². The zero-order valence-electron chi connectivity index (χ0n) is 27.7. The number of rotatable bonds is 14. The van der Waals surface area contributed by atoms with Crippen LogP contribution < -0.4 is 0 Å². The Hall–Kier alpha value is -4.70. The van der Waals surface area contributed by atoms with Crippen LogP contribution >= 0.6 is 0 Å². The third-order valence-electron chi connectivity index (χ3n) is 9.26. The van der Waals surface area contributed by atoms with Crippen LogP contribution in [0.3, 0.4) is 0 Å². The van der Waals surface area contributed by atoms with E-state index in [1.165, 1.54) is 0 Å². The molecule has 0 aliphatic heterocycles. The van der Waals surface area contributed by atoms with Gasteiger partial charge in [-0.2, -0.15) is 0 Å². The molecule has 4 N–H and O–H groups in total. The van der Waals surface area contributed by atoms with E-state index in [-0.39, 0.29) is 22.3 Å². The molecule has 0 radical (unpaired) electrons. The second-order valence-corrected chi connectivity index (χ2v) is 13.2. The van der Waals surface area contributed by atoms with Crippen molar-refractivity contribution >= 4 is 0 Å². The minimum absolute atomic E-state index is 0.275. The third kappa shape index (κ3) is 7.74. The summed E-state index contributed by atoms with van der Waals surface area (Å²) in [6.45, 7) is 16.2. The topological polar surface area (TPSA) is 80.9 Å². The lowest BCUT2D eigenvalue weighted by atomic mass is 9.76. The second-order valence-electron chi connectivity index (χ2n) is 13.2. The van der Waals surface area contributed by atoms with E-state index in [0.717, 1.165) is 57.3 Å². The van der Waals surface area contributed by atoms with Crippen LogP contribution in [0.1, 0.15) is 85.0 Å². The minimum atomic E-state index is -0.316. The molecular weight excluding hydrogens is 568 g/mol. The number of aryl methyl sites for hydroxylation is 2. The van der Waals surface area contributed by atoms with Gasteiger partial charge in [-0.05, 0) is 107 Å². The predicted octanol–water partition coefficient (Wildman–Crippen LogP) is 9.74. The van der Waals surface area contributed by atoms with Gasteiger partial charge in [0, 0.05) is 10.8 Å². The Morgan fingerprint density at radius 2 is 0.761 bits per heavy atom. The largest absolute Gasteiger partial charge is 0.508 e. The molecule has 0 unspecified atom stereocenters. The van der Waals surface area contributed by atoms with Gasteiger partial charge < -0.3 is 20.4 Å². The van der Waals surface area contributed by atoms with Crippen molar-refractivity contribution in [3.05, 3.63) is 155 Å². The van der Waals surface area contributed by atoms with Gasteiger partial charge in [-0.1, -0.05) is 101 Å². The number of aromatic hydroxyl groups is 4. The van der Waals surface area contributed by atoms with Gasteiger partial charge in [0.1, 0.15) is 23.0 Å². The summed E-state index contributed by atoms with van der Waals surface area (Å²) >= 11 is 0. The van der Waals surface area contributed by atoms with E-state index in [9.17, 15) is 20.4 Å². The highest BCUT2D eigenvalue weighted by Crippen LogP contribution is 2.38. The van der Waals surface area contributed by atoms with Gasteiger partial charge in [0.05, 0.1) is 0 Å². The molecule has 0 aromatic heterocycles. The average molecular weight is 617 g/mol. The van der Waals surface area contributed by atoms with Crippen LogP contribution in [0.4, 0.5) is 0 Å². The maximum absolute atomic E-state index is 10.6. The van der Waals surface area contributed by atoms with Gasteiger partial charge >= 0.3 is 0 Å². The van der Waals surface area contributed by atoms with Crippen molar-refractivity contribution in [1.29, 1.82) is 0 Å². The van der Waals surface area contributed by atoms with Crippen LogP contribution in [-0.4, -0.2) is 20.4 Å². The molecule has 0 saturated carbocycles. The van der Waals surface area contributed by atoms with Crippen LogP contribution in [0.25, 0.3) is 0 Å². The Kier molecular flexibility index (Phi) is 10.8. The highest BCUT2D eigenvalue weighted by atomic mass is 16.3. The normalized spacial score (nSPS) is 12.0. The SMILES string of the molecule is C=CCc1cc(C(C)(C)c2ccc(O)c(CC/C=C\CCc3cc(C(C)(C)c4ccc(O)c(CC=C)c4)ccc3O)c2)ccc1O. The molecule has 0 heterocycles. The summed E-state index contributed by atoms with van der Waals surface area (Å²) in [4.78, 5) is 0. The average Bonchev–Trinajstić information content (AvgIpc) is 3.02. The molecule has 0 atom stereocenters. The Morgan fingerprint density at radius 1 is 0.478 bits per heavy atom. The first-order valence-electron chi connectivity index (χ1n) is 16.0. The molecule has 4 heteroatoms. The van der Waals surface area contributed by atoms with Gasteiger partial charge in [0.15, 0.2) is 0 Å². The van der Waals surface area contributed by atoms with Crippen molar-refractivity contribution in [3.8, 4) is 23.0 Å². The predicted molar refractivity (Wildman–Crippen MR) is 190 cm³/mol. The van der Waals surface area contributed by atoms with Gasteiger partial charge in [0.2, 0.25) is 0 Å². The van der Waals surface area contributed by atoms with Gasteiger partial charge in [0.25, 0.3) is 0 Å². The lowest BCUT2D eigenvalue weighted by Gasteiger charge is -2.27. The van der Waals surface area contributed by atoms with Crippen LogP contribution in [0, 0.1) is 0 Å². The molecule has 4 aromatic carbocycles. The van der Waals surface area contributed by atoms with Crippen molar-refractivity contribution in [2.75, 3.05) is 0 Å². The lowest BCUT2D eigenvalue weighted by molar-refractivity contribution is 0.465. The van der Waals surface area contributed by atoms with E-state index in [2.05, 4.69) is 65.1 Å². The number of phenols is 4. The number of allylic oxidation sites excluding steroid dienone is 4. The first-order chi connectivity index (χ1) is 21.9. The standard InChI is InChI=1S/C42H48O4/c1-7-13-29-25-33(17-21-37(29)43)41(3,4)35-19-23-39(45)31(27-35)15-11-9-10-12-16-32-28-36(20-24-40(32)46)42(5,6)34-18-22-38(44)30(26-34)14-8-2/h7-10,17-28,43-46H,1-2,11-16H2,3-6H3/b10-9-. The van der Waals surface area contributed by atoms with Crippen LogP contribution in [0.5, 0.6) is 23.0 Å². The van der Waals surface area contributed by atoms with E-state index < -0.39 is 0 Å². The summed E-state index contributed by atoms with van der Waals surface area (Å²) in [7, 11) is 0. The van der Waals surface area contributed by atoms with Crippen LogP contribution in [0.15, 0.2) is 110 Å². The fraction of sp³-hybridized carbons (Fsp3) is 0.286. The molecule has 4 rings (SSSR count). The summed E-state index contributed by atoms with van der Waals surface area (Å²) in [5.74, 6) is 1.13. The molecule has 0 aliphatic carbocycles. The Morgan fingerprint density at radius 3 is 1.07 bits per heavy atom. The summed E-state index contributed by atoms with van der Waals surface area (Å²) in [6.07, 6.45) is 12.0. The molecule has 4 aromatic rings. The second kappa shape index (κ2) is 14.6. The summed E-state index contributed by atoms with van der Waals surface area (Å²) in [6, 6.07) is 23.1. The number of phenolic OH excluding ortho intramolecular Hbond substituents is 4. The van der Waals surface area contributed by atoms with Crippen molar-refractivity contribution in [1.82, 2.24) is 0 Å². The van der Waals surface area contributed by atoms with E-state index in [1.807, 2.05) is 36.4 Å². The van der Waals surface area contributed by atoms with E-state index in [4.69, 9.17) is 0 Å². The number of benzene rings is 4. The van der Waals surface area contributed by atoms with Crippen LogP contribution in [-0.2, 0) is 36.5 Å². The first kappa shape index (κ1) is 34.2. The zero-order chi connectivity index (χ0) is 33.5. The summed E-state index contributed by atoms with van der Waals surface area (Å²) < 4.78 is 0. The lowest BCUT2D eigenvalue weighted by Crippen LogP contribution is -2.19. The quantitative estimate of drug-likeness (QED) is 0.106. The molecule has 0 saturated heterocycles. The molecule has 0 bridgehead atoms. The van der Waals surface area contributed by atoms with Crippen molar-refractivity contribution in [2.45, 2.75) is 77.0 Å². The molecule has 4 nitrogen and oxygen atoms in total. The van der Waals surface area contributed by atoms with Crippen molar-refractivity contribution in [2.24, 2.45) is 0 Å². The van der Waals surface area contributed by atoms with Crippen molar-refractivity contribution < 1.29 is 20.4 Å². The van der Waals surface area contributed by atoms with Crippen LogP contribution in [0.2, 0.25) is 0 Å². The van der Waals surface area contributed by atoms with E-state index in [0.29, 0.717) is 37.2 Å². The highest BCUT2D eigenvalue weighted by Gasteiger charge is 2.26. The number of hydrogen-bond acceptors (Lipinski definition) is 4. The van der Waals surface area contributed by atoms with Gasteiger partial charge in [-0.3, -0.25) is 0 Å². The Balaban J connectivity index is 1.40.